The minimum atomic E-state index is -1.21. The molecular formula is C32H19F2N5O2S2. The topological polar surface area (TPSA) is 88.4 Å². The van der Waals surface area contributed by atoms with Crippen molar-refractivity contribution in [2.45, 2.75) is 13.8 Å². The van der Waals surface area contributed by atoms with Crippen molar-refractivity contribution in [2.75, 3.05) is 4.90 Å². The highest BCUT2D eigenvalue weighted by molar-refractivity contribution is 7.19. The molecule has 7 aromatic rings. The molecule has 210 valence electrons. The molecule has 0 N–H and O–H groups in total. The number of thiophene rings is 1. The van der Waals surface area contributed by atoms with Crippen molar-refractivity contribution in [3.63, 3.8) is 0 Å². The van der Waals surface area contributed by atoms with Gasteiger partial charge in [0, 0.05) is 22.1 Å². The third-order valence-corrected chi connectivity index (χ3v) is 8.72. The van der Waals surface area contributed by atoms with Crippen LogP contribution in [0.5, 0.6) is 0 Å². The van der Waals surface area contributed by atoms with Crippen LogP contribution < -0.4 is 21.1 Å². The lowest BCUT2D eigenvalue weighted by Gasteiger charge is -2.24. The zero-order valence-electron chi connectivity index (χ0n) is 22.6. The van der Waals surface area contributed by atoms with E-state index in [4.69, 9.17) is 0 Å². The number of rotatable bonds is 5. The number of benzene rings is 3. The van der Waals surface area contributed by atoms with E-state index >= 15 is 0 Å². The predicted octanol–water partition coefficient (Wildman–Crippen LogP) is 7.16. The van der Waals surface area contributed by atoms with Crippen LogP contribution in [0.3, 0.4) is 0 Å². The normalized spacial score (nSPS) is 11.4. The van der Waals surface area contributed by atoms with Crippen molar-refractivity contribution >= 4 is 66.9 Å². The number of hydrogen-bond donors (Lipinski definition) is 0. The van der Waals surface area contributed by atoms with E-state index in [9.17, 15) is 18.4 Å². The molecule has 0 fully saturated rings. The summed E-state index contributed by atoms with van der Waals surface area (Å²) in [6.45, 7) is 4.10. The Labute approximate surface area is 250 Å². The zero-order valence-corrected chi connectivity index (χ0v) is 24.3. The number of pyridine rings is 1. The van der Waals surface area contributed by atoms with Crippen LogP contribution in [0, 0.1) is 25.5 Å². The number of halogens is 2. The molecular weight excluding hydrogens is 589 g/mol. The quantitative estimate of drug-likeness (QED) is 0.206. The first kappa shape index (κ1) is 26.9. The van der Waals surface area contributed by atoms with Crippen molar-refractivity contribution in [2.24, 2.45) is 4.99 Å². The van der Waals surface area contributed by atoms with Crippen molar-refractivity contribution in [1.29, 1.82) is 0 Å². The van der Waals surface area contributed by atoms with Gasteiger partial charge in [0.05, 0.1) is 22.8 Å². The first-order chi connectivity index (χ1) is 20.8. The summed E-state index contributed by atoms with van der Waals surface area (Å²) in [6, 6.07) is 22.0. The smallest absolute Gasteiger partial charge is 0.216 e. The van der Waals surface area contributed by atoms with Gasteiger partial charge in [0.15, 0.2) is 17.0 Å². The molecule has 0 aliphatic carbocycles. The van der Waals surface area contributed by atoms with Gasteiger partial charge in [0.2, 0.25) is 10.9 Å². The summed E-state index contributed by atoms with van der Waals surface area (Å²) >= 11 is 2.48. The Bertz CT molecular complexity index is 2240. The Morgan fingerprint density at radius 2 is 1.30 bits per heavy atom. The standard InChI is InChI=1S/C32H19F2N5O2S2/c1-16-3-7-18(8-4-16)39(19-9-5-17(2)6-10-19)26-12-11-25(42-26)28-29-27(37-43-38-29)24(15-35-28)36-30-31(40)20-13-22(33)23(34)14-21(20)32(30)41/h3-15H,1-2H3. The molecule has 0 atom stereocenters. The number of aryl methyl sites for hydroxylation is 2. The van der Waals surface area contributed by atoms with Crippen LogP contribution in [0.25, 0.3) is 32.4 Å². The summed E-state index contributed by atoms with van der Waals surface area (Å²) in [6.07, 6.45) is 1.42. The van der Waals surface area contributed by atoms with Gasteiger partial charge in [0.25, 0.3) is 0 Å². The van der Waals surface area contributed by atoms with Crippen LogP contribution in [0.2, 0.25) is 0 Å². The Balaban J connectivity index is 1.33. The minimum Gasteiger partial charge on any atom is -0.302 e. The molecule has 0 amide bonds. The van der Waals surface area contributed by atoms with Crippen LogP contribution in [-0.4, -0.2) is 13.7 Å². The number of fused-ring (bicyclic) bond motifs is 2. The van der Waals surface area contributed by atoms with E-state index in [1.165, 1.54) is 17.5 Å². The number of hydrogen-bond acceptors (Lipinski definition) is 9. The monoisotopic (exact) mass is 607 g/mol. The average molecular weight is 608 g/mol. The first-order valence-corrected chi connectivity index (χ1v) is 14.7. The third kappa shape index (κ3) is 4.62. The molecule has 0 aliphatic rings. The number of aromatic nitrogens is 3. The second-order valence-electron chi connectivity index (χ2n) is 10.0. The van der Waals surface area contributed by atoms with Gasteiger partial charge >= 0.3 is 0 Å². The van der Waals surface area contributed by atoms with E-state index in [1.807, 2.05) is 26.0 Å². The maximum atomic E-state index is 13.8. The fraction of sp³-hybridized carbons (Fsp3) is 0.0625. The Morgan fingerprint density at radius 3 is 1.88 bits per heavy atom. The number of nitrogens with zero attached hydrogens (tertiary/aromatic N) is 5. The van der Waals surface area contributed by atoms with Crippen LogP contribution in [-0.2, 0) is 0 Å². The van der Waals surface area contributed by atoms with Crippen LogP contribution in [0.4, 0.5) is 30.8 Å². The Morgan fingerprint density at radius 1 is 0.744 bits per heavy atom. The molecule has 0 unspecified atom stereocenters. The van der Waals surface area contributed by atoms with Crippen molar-refractivity contribution in [1.82, 2.24) is 13.7 Å². The molecule has 43 heavy (non-hydrogen) atoms. The van der Waals surface area contributed by atoms with Crippen molar-refractivity contribution in [3.05, 3.63) is 128 Å². The molecule has 0 saturated carbocycles. The maximum absolute atomic E-state index is 13.8. The van der Waals surface area contributed by atoms with Gasteiger partial charge in [-0.25, -0.2) is 13.8 Å². The predicted molar refractivity (Wildman–Crippen MR) is 167 cm³/mol. The average Bonchev–Trinajstić information content (AvgIpc) is 3.73. The molecule has 0 bridgehead atoms. The summed E-state index contributed by atoms with van der Waals surface area (Å²) in [7, 11) is 0. The van der Waals surface area contributed by atoms with Crippen molar-refractivity contribution in [3.8, 4) is 10.6 Å². The van der Waals surface area contributed by atoms with Crippen LogP contribution >= 0.6 is 23.1 Å². The summed E-state index contributed by atoms with van der Waals surface area (Å²) in [4.78, 5) is 37.6. The largest absolute Gasteiger partial charge is 0.302 e. The van der Waals surface area contributed by atoms with Gasteiger partial charge in [-0.05, 0) is 62.4 Å². The lowest BCUT2D eigenvalue weighted by atomic mass is 10.1. The molecule has 3 aromatic heterocycles. The van der Waals surface area contributed by atoms with E-state index < -0.39 is 27.8 Å². The van der Waals surface area contributed by atoms with Gasteiger partial charge in [-0.2, -0.15) is 8.75 Å². The highest BCUT2D eigenvalue weighted by Crippen LogP contribution is 2.43. The van der Waals surface area contributed by atoms with Gasteiger partial charge in [-0.1, -0.05) is 35.4 Å². The molecule has 7 rings (SSSR count). The lowest BCUT2D eigenvalue weighted by molar-refractivity contribution is 0.511. The van der Waals surface area contributed by atoms with E-state index in [1.54, 1.807) is 0 Å². The van der Waals surface area contributed by atoms with E-state index in [-0.39, 0.29) is 16.5 Å². The second-order valence-corrected chi connectivity index (χ2v) is 11.6. The fourth-order valence-corrected chi connectivity index (χ4v) is 6.49. The maximum Gasteiger partial charge on any atom is 0.216 e. The Hall–Kier alpha value is -5.00. The summed E-state index contributed by atoms with van der Waals surface area (Å²) < 4.78 is 36.3. The van der Waals surface area contributed by atoms with Crippen molar-refractivity contribution < 1.29 is 8.78 Å². The molecule has 0 spiro atoms. The summed E-state index contributed by atoms with van der Waals surface area (Å²) in [5.74, 6) is -2.42. The first-order valence-electron chi connectivity index (χ1n) is 13.1. The molecule has 4 aromatic carbocycles. The van der Waals surface area contributed by atoms with Crippen LogP contribution in [0.1, 0.15) is 11.1 Å². The lowest BCUT2D eigenvalue weighted by Crippen LogP contribution is -2.31. The molecule has 3 heterocycles. The SMILES string of the molecule is Cc1ccc(N(c2ccc(C)cc2)c2ccc(-c3ncc(N=c4c(=O)c5cc(F)c(F)cc5c4=O)c4nsnc34)s2)cc1. The van der Waals surface area contributed by atoms with Crippen LogP contribution in [0.15, 0.2) is 93.6 Å². The molecule has 11 heteroatoms. The minimum absolute atomic E-state index is 0.163. The highest BCUT2D eigenvalue weighted by atomic mass is 32.1. The van der Waals surface area contributed by atoms with Gasteiger partial charge in [-0.3, -0.25) is 14.6 Å². The summed E-state index contributed by atoms with van der Waals surface area (Å²) in [5, 5.41) is 0.0639. The Kier molecular flexibility index (Phi) is 6.48. The highest BCUT2D eigenvalue weighted by Gasteiger charge is 2.20. The van der Waals surface area contributed by atoms with E-state index in [0.717, 1.165) is 56.2 Å². The van der Waals surface area contributed by atoms with Gasteiger partial charge in [0.1, 0.15) is 27.4 Å². The molecule has 0 radical (unpaired) electrons. The summed E-state index contributed by atoms with van der Waals surface area (Å²) in [5.41, 5.74) is 4.34. The molecule has 0 saturated heterocycles. The van der Waals surface area contributed by atoms with Gasteiger partial charge in [-0.15, -0.1) is 11.3 Å². The molecule has 7 nitrogen and oxygen atoms in total. The third-order valence-electron chi connectivity index (χ3n) is 7.11. The molecule has 0 aliphatic heterocycles. The zero-order chi connectivity index (χ0) is 29.8. The second kappa shape index (κ2) is 10.4. The van der Waals surface area contributed by atoms with E-state index in [0.29, 0.717) is 16.7 Å². The number of anilines is 3. The fourth-order valence-electron chi connectivity index (χ4n) is 4.89. The van der Waals surface area contributed by atoms with E-state index in [2.05, 4.69) is 72.2 Å². The van der Waals surface area contributed by atoms with Gasteiger partial charge < -0.3 is 4.90 Å².